The molecule has 2 rings (SSSR count). The highest BCUT2D eigenvalue weighted by Gasteiger charge is 2.82. The largest absolute Gasteiger partial charge is 0.457 e. The maximum atomic E-state index is 15.1. The molecule has 0 saturated carbocycles. The third kappa shape index (κ3) is 4.23. The molecule has 0 aromatic heterocycles. The van der Waals surface area contributed by atoms with Crippen LogP contribution in [0.15, 0.2) is 36.4 Å². The van der Waals surface area contributed by atoms with E-state index in [4.69, 9.17) is 5.26 Å². The number of halogens is 13. The number of hydrogen-bond acceptors (Lipinski definition) is 1. The average molecular weight is 591 g/mol. The Morgan fingerprint density at radius 1 is 0.719 bits per heavy atom. The Hall–Kier alpha value is -2.18. The van der Waals surface area contributed by atoms with E-state index >= 15 is 4.39 Å². The second-order valence-electron chi connectivity index (χ2n) is 6.30. The predicted octanol–water partition coefficient (Wildman–Crippen LogP) is 7.77. The molecular weight excluding hydrogens is 585 g/mol. The summed E-state index contributed by atoms with van der Waals surface area (Å²) >= 11 is 0.965. The maximum Gasteiger partial charge on any atom is 0.457 e. The van der Waals surface area contributed by atoms with Crippen LogP contribution in [0.3, 0.4) is 0 Å². The van der Waals surface area contributed by atoms with Gasteiger partial charge in [-0.1, -0.05) is 12.1 Å². The molecule has 0 aliphatic heterocycles. The van der Waals surface area contributed by atoms with Crippen LogP contribution in [0, 0.1) is 14.9 Å². The molecule has 1 nitrogen and oxygen atoms in total. The minimum absolute atomic E-state index is 0.125. The van der Waals surface area contributed by atoms with Gasteiger partial charge in [-0.3, -0.25) is 0 Å². The Morgan fingerprint density at radius 2 is 1.22 bits per heavy atom. The van der Waals surface area contributed by atoms with E-state index in [9.17, 15) is 48.3 Å². The van der Waals surface area contributed by atoms with E-state index in [1.54, 1.807) is 6.07 Å². The quantitative estimate of drug-likeness (QED) is 0.265. The maximum absolute atomic E-state index is 15.1. The van der Waals surface area contributed by atoms with Crippen molar-refractivity contribution in [2.24, 2.45) is 0 Å². The summed E-state index contributed by atoms with van der Waals surface area (Å²) in [4.78, 5) is 0. The summed E-state index contributed by atoms with van der Waals surface area (Å²) in [5.74, 6) is -7.16. The first-order valence-corrected chi connectivity index (χ1v) is 8.99. The fourth-order valence-corrected chi connectivity index (χ4v) is 3.68. The molecule has 174 valence electrons. The van der Waals surface area contributed by atoms with Crippen molar-refractivity contribution < 1.29 is 52.7 Å². The molecule has 0 amide bonds. The van der Waals surface area contributed by atoms with Gasteiger partial charge in [0.1, 0.15) is 0 Å². The zero-order valence-corrected chi connectivity index (χ0v) is 17.0. The molecule has 0 radical (unpaired) electrons. The number of hydrogen-bond donors (Lipinski definition) is 0. The highest BCUT2D eigenvalue weighted by Crippen LogP contribution is 2.60. The number of nitrogens with zero attached hydrogens (tertiary/aromatic N) is 1. The molecule has 0 heterocycles. The van der Waals surface area contributed by atoms with Crippen LogP contribution in [-0.4, -0.2) is 18.3 Å². The molecule has 14 heteroatoms. The molecule has 1 atom stereocenters. The fraction of sp³-hybridized carbons (Fsp3) is 0.278. The Bertz CT molecular complexity index is 1040. The van der Waals surface area contributed by atoms with Crippen molar-refractivity contribution in [2.75, 3.05) is 0 Å². The van der Waals surface area contributed by atoms with Crippen molar-refractivity contribution in [3.8, 4) is 17.2 Å². The molecule has 0 aliphatic rings. The highest BCUT2D eigenvalue weighted by molar-refractivity contribution is 14.1. The third-order valence-corrected chi connectivity index (χ3v) is 5.12. The molecule has 2 aromatic rings. The Morgan fingerprint density at radius 3 is 1.59 bits per heavy atom. The number of benzene rings is 2. The van der Waals surface area contributed by atoms with E-state index in [-0.39, 0.29) is 11.6 Å². The molecule has 1 unspecified atom stereocenters. The summed E-state index contributed by atoms with van der Waals surface area (Å²) in [6.45, 7) is 0. The van der Waals surface area contributed by atoms with Crippen molar-refractivity contribution in [1.29, 1.82) is 5.26 Å². The molecular formula is C18H6F12IN. The van der Waals surface area contributed by atoms with E-state index in [2.05, 4.69) is 0 Å². The standard InChI is InChI=1S/C18H6F12IN/c19-14(17(25,26)27,16(23,24)18(28,29)30)11-5-10(15(20,21)22)6-12(31)13(11)9-3-1-8(7-32)2-4-9/h1-6H. The highest BCUT2D eigenvalue weighted by atomic mass is 127. The van der Waals surface area contributed by atoms with Crippen LogP contribution in [0.2, 0.25) is 0 Å². The lowest BCUT2D eigenvalue weighted by atomic mass is 9.81. The molecule has 0 N–H and O–H groups in total. The Balaban J connectivity index is 3.09. The summed E-state index contributed by atoms with van der Waals surface area (Å²) in [6, 6.07) is 4.39. The first-order valence-electron chi connectivity index (χ1n) is 7.91. The van der Waals surface area contributed by atoms with Crippen molar-refractivity contribution in [3.05, 3.63) is 56.7 Å². The van der Waals surface area contributed by atoms with Gasteiger partial charge in [0, 0.05) is 14.7 Å². The normalized spacial score (nSPS) is 15.2. The SMILES string of the molecule is N#Cc1ccc(-c2c(I)cc(C(F)(F)F)cc2C(F)(C(F)(F)F)C(F)(F)C(F)(F)F)cc1. The van der Waals surface area contributed by atoms with Gasteiger partial charge in [0.2, 0.25) is 0 Å². The lowest BCUT2D eigenvalue weighted by molar-refractivity contribution is -0.389. The molecule has 2 aromatic carbocycles. The summed E-state index contributed by atoms with van der Waals surface area (Å²) in [7, 11) is 0. The van der Waals surface area contributed by atoms with Crippen LogP contribution >= 0.6 is 22.6 Å². The Labute approximate surface area is 184 Å². The van der Waals surface area contributed by atoms with Crippen molar-refractivity contribution in [1.82, 2.24) is 0 Å². The number of rotatable bonds is 3. The smallest absolute Gasteiger partial charge is 0.221 e. The van der Waals surface area contributed by atoms with Crippen LogP contribution < -0.4 is 0 Å². The van der Waals surface area contributed by atoms with Crippen LogP contribution in [-0.2, 0) is 11.8 Å². The monoisotopic (exact) mass is 591 g/mol. The second-order valence-corrected chi connectivity index (χ2v) is 7.46. The van der Waals surface area contributed by atoms with Gasteiger partial charge >= 0.3 is 30.1 Å². The zero-order valence-electron chi connectivity index (χ0n) is 14.8. The van der Waals surface area contributed by atoms with Gasteiger partial charge in [0.15, 0.2) is 0 Å². The zero-order chi connectivity index (χ0) is 24.9. The van der Waals surface area contributed by atoms with Crippen LogP contribution in [0.1, 0.15) is 16.7 Å². The van der Waals surface area contributed by atoms with Crippen LogP contribution in [0.5, 0.6) is 0 Å². The lowest BCUT2D eigenvalue weighted by Gasteiger charge is -2.37. The minimum atomic E-state index is -7.16. The van der Waals surface area contributed by atoms with Crippen molar-refractivity contribution >= 4 is 22.6 Å². The first kappa shape index (κ1) is 26.1. The molecule has 0 fully saturated rings. The number of alkyl halides is 12. The van der Waals surface area contributed by atoms with Gasteiger partial charge in [-0.25, -0.2) is 4.39 Å². The van der Waals surface area contributed by atoms with E-state index in [0.29, 0.717) is 0 Å². The molecule has 0 spiro atoms. The fourth-order valence-electron chi connectivity index (χ4n) is 2.74. The van der Waals surface area contributed by atoms with Gasteiger partial charge in [0.25, 0.3) is 0 Å². The molecule has 32 heavy (non-hydrogen) atoms. The molecule has 0 saturated heterocycles. The topological polar surface area (TPSA) is 23.8 Å². The van der Waals surface area contributed by atoms with Gasteiger partial charge in [-0.05, 0) is 52.4 Å². The summed E-state index contributed by atoms with van der Waals surface area (Å²) < 4.78 is 161. The lowest BCUT2D eigenvalue weighted by Crippen LogP contribution is -2.60. The minimum Gasteiger partial charge on any atom is -0.221 e. The first-order chi connectivity index (χ1) is 14.3. The average Bonchev–Trinajstić information content (AvgIpc) is 2.64. The summed E-state index contributed by atoms with van der Waals surface area (Å²) in [6.07, 6.45) is -19.6. The molecule has 0 aliphatic carbocycles. The second kappa shape index (κ2) is 7.99. The van der Waals surface area contributed by atoms with E-state index in [1.165, 1.54) is 0 Å². The van der Waals surface area contributed by atoms with Gasteiger partial charge in [0.05, 0.1) is 17.2 Å². The summed E-state index contributed by atoms with van der Waals surface area (Å²) in [5, 5.41) is 8.76. The van der Waals surface area contributed by atoms with E-state index < -0.39 is 62.0 Å². The van der Waals surface area contributed by atoms with Crippen LogP contribution in [0.4, 0.5) is 52.7 Å². The summed E-state index contributed by atoms with van der Waals surface area (Å²) in [5.41, 5.74) is -13.2. The van der Waals surface area contributed by atoms with E-state index in [1.807, 2.05) is 0 Å². The van der Waals surface area contributed by atoms with Gasteiger partial charge in [-0.2, -0.15) is 53.6 Å². The number of nitriles is 1. The van der Waals surface area contributed by atoms with Crippen LogP contribution in [0.25, 0.3) is 11.1 Å². The van der Waals surface area contributed by atoms with Crippen molar-refractivity contribution in [2.45, 2.75) is 30.1 Å². The third-order valence-electron chi connectivity index (χ3n) is 4.27. The van der Waals surface area contributed by atoms with Gasteiger partial charge in [-0.15, -0.1) is 0 Å². The van der Waals surface area contributed by atoms with E-state index in [0.717, 1.165) is 46.9 Å². The van der Waals surface area contributed by atoms with Gasteiger partial charge < -0.3 is 0 Å². The molecule has 0 bridgehead atoms. The Kier molecular flexibility index (Phi) is 6.51. The van der Waals surface area contributed by atoms with Crippen molar-refractivity contribution in [3.63, 3.8) is 0 Å². The predicted molar refractivity (Wildman–Crippen MR) is 94.2 cm³/mol.